The Kier molecular flexibility index (Phi) is 1.96. The molecule has 0 bridgehead atoms. The first-order valence-corrected chi connectivity index (χ1v) is 4.62. The zero-order valence-electron chi connectivity index (χ0n) is 7.95. The molecular formula is C10H15N3. The topological polar surface area (TPSA) is 29.9 Å². The second-order valence-corrected chi connectivity index (χ2v) is 3.93. The van der Waals surface area contributed by atoms with Gasteiger partial charge in [-0.2, -0.15) is 5.10 Å². The van der Waals surface area contributed by atoms with Crippen LogP contribution in [-0.2, 0) is 6.54 Å². The van der Waals surface area contributed by atoms with Crippen molar-refractivity contribution in [3.05, 3.63) is 24.5 Å². The monoisotopic (exact) mass is 177 g/mol. The van der Waals surface area contributed by atoms with E-state index in [2.05, 4.69) is 23.9 Å². The van der Waals surface area contributed by atoms with Crippen molar-refractivity contribution in [1.29, 1.82) is 0 Å². The molecule has 1 heterocycles. The van der Waals surface area contributed by atoms with Gasteiger partial charge in [-0.15, -0.1) is 0 Å². The second-order valence-electron chi connectivity index (χ2n) is 3.93. The molecule has 2 rings (SSSR count). The van der Waals surface area contributed by atoms with Crippen molar-refractivity contribution >= 4 is 6.20 Å². The van der Waals surface area contributed by atoms with Gasteiger partial charge in [-0.25, -0.2) is 4.68 Å². The molecule has 0 amide bonds. The van der Waals surface area contributed by atoms with Gasteiger partial charge in [0.25, 0.3) is 0 Å². The molecule has 1 N–H and O–H groups in total. The van der Waals surface area contributed by atoms with Gasteiger partial charge in [0, 0.05) is 30.0 Å². The van der Waals surface area contributed by atoms with Gasteiger partial charge in [-0.3, -0.25) is 0 Å². The lowest BCUT2D eigenvalue weighted by atomic mass is 10.3. The number of hydrogen-bond acceptors (Lipinski definition) is 2. The number of nitrogens with zero attached hydrogens (tertiary/aromatic N) is 2. The zero-order chi connectivity index (χ0) is 9.31. The van der Waals surface area contributed by atoms with Crippen molar-refractivity contribution in [1.82, 2.24) is 15.1 Å². The molecule has 1 aliphatic rings. The third-order valence-corrected chi connectivity index (χ3v) is 2.56. The fourth-order valence-corrected chi connectivity index (χ4v) is 1.25. The molecule has 0 atom stereocenters. The molecule has 0 aliphatic heterocycles. The summed E-state index contributed by atoms with van der Waals surface area (Å²) in [6.07, 6.45) is 8.15. The minimum Gasteiger partial charge on any atom is -0.307 e. The van der Waals surface area contributed by atoms with Crippen molar-refractivity contribution in [2.45, 2.75) is 31.8 Å². The summed E-state index contributed by atoms with van der Waals surface area (Å²) >= 11 is 0. The van der Waals surface area contributed by atoms with Gasteiger partial charge in [-0.05, 0) is 19.8 Å². The first-order valence-electron chi connectivity index (χ1n) is 4.62. The highest BCUT2D eigenvalue weighted by Gasteiger charge is 2.36. The minimum atomic E-state index is 0.399. The largest absolute Gasteiger partial charge is 0.307 e. The van der Waals surface area contributed by atoms with E-state index in [1.54, 1.807) is 10.9 Å². The number of aromatic nitrogens is 2. The zero-order valence-corrected chi connectivity index (χ0v) is 7.95. The number of nitrogens with one attached hydrogen (secondary N) is 1. The number of hydrogen-bond donors (Lipinski definition) is 1. The lowest BCUT2D eigenvalue weighted by Gasteiger charge is -2.08. The Morgan fingerprint density at radius 1 is 1.77 bits per heavy atom. The van der Waals surface area contributed by atoms with Crippen LogP contribution in [0.5, 0.6) is 0 Å². The van der Waals surface area contributed by atoms with Gasteiger partial charge in [0.1, 0.15) is 0 Å². The summed E-state index contributed by atoms with van der Waals surface area (Å²) in [6, 6.07) is 0. The Bertz CT molecular complexity index is 310. The van der Waals surface area contributed by atoms with Crippen LogP contribution in [0.3, 0.4) is 0 Å². The Morgan fingerprint density at radius 2 is 2.54 bits per heavy atom. The Morgan fingerprint density at radius 3 is 3.08 bits per heavy atom. The van der Waals surface area contributed by atoms with E-state index in [1.165, 1.54) is 18.4 Å². The fraction of sp³-hybridized carbons (Fsp3) is 0.500. The molecule has 3 nitrogen and oxygen atoms in total. The predicted molar refractivity (Wildman–Crippen MR) is 53.1 cm³/mol. The molecule has 3 heteroatoms. The smallest absolute Gasteiger partial charge is 0.0538 e. The Balaban J connectivity index is 1.90. The average molecular weight is 177 g/mol. The van der Waals surface area contributed by atoms with E-state index >= 15 is 0 Å². The Labute approximate surface area is 78.4 Å². The average Bonchev–Trinajstić information content (AvgIpc) is 2.69. The normalized spacial score (nSPS) is 18.5. The van der Waals surface area contributed by atoms with Crippen LogP contribution in [0.1, 0.15) is 25.3 Å². The summed E-state index contributed by atoms with van der Waals surface area (Å²) < 4.78 is 1.73. The summed E-state index contributed by atoms with van der Waals surface area (Å²) in [5.41, 5.74) is 1.61. The molecule has 1 aromatic heterocycles. The highest BCUT2D eigenvalue weighted by molar-refractivity contribution is 5.18. The van der Waals surface area contributed by atoms with Crippen LogP contribution in [0.15, 0.2) is 19.0 Å². The van der Waals surface area contributed by atoms with Gasteiger partial charge in [0.05, 0.1) is 6.20 Å². The summed E-state index contributed by atoms with van der Waals surface area (Å²) in [5, 5.41) is 7.61. The third kappa shape index (κ3) is 1.98. The summed E-state index contributed by atoms with van der Waals surface area (Å²) in [4.78, 5) is 0. The maximum Gasteiger partial charge on any atom is 0.0538 e. The van der Waals surface area contributed by atoms with Crippen molar-refractivity contribution in [2.75, 3.05) is 0 Å². The van der Waals surface area contributed by atoms with E-state index in [1.807, 2.05) is 12.4 Å². The van der Waals surface area contributed by atoms with E-state index < -0.39 is 0 Å². The van der Waals surface area contributed by atoms with Crippen LogP contribution in [0.2, 0.25) is 0 Å². The molecular weight excluding hydrogens is 162 g/mol. The van der Waals surface area contributed by atoms with Crippen molar-refractivity contribution < 1.29 is 0 Å². The van der Waals surface area contributed by atoms with E-state index in [0.29, 0.717) is 5.54 Å². The van der Waals surface area contributed by atoms with Crippen molar-refractivity contribution in [2.24, 2.45) is 0 Å². The first-order chi connectivity index (χ1) is 6.22. The molecule has 0 radical (unpaired) electrons. The van der Waals surface area contributed by atoms with Gasteiger partial charge < -0.3 is 5.32 Å². The third-order valence-electron chi connectivity index (χ3n) is 2.56. The molecule has 1 fully saturated rings. The molecule has 1 saturated carbocycles. The van der Waals surface area contributed by atoms with Crippen LogP contribution >= 0.6 is 0 Å². The lowest BCUT2D eigenvalue weighted by molar-refractivity contribution is 0.538. The maximum atomic E-state index is 4.11. The summed E-state index contributed by atoms with van der Waals surface area (Å²) in [5.74, 6) is 0. The summed E-state index contributed by atoms with van der Waals surface area (Å²) in [7, 11) is 0. The SMILES string of the molecule is C=Cn1cc(CNC2(C)CC2)cn1. The van der Waals surface area contributed by atoms with Crippen molar-refractivity contribution in [3.63, 3.8) is 0 Å². The maximum absolute atomic E-state index is 4.11. The quantitative estimate of drug-likeness (QED) is 0.757. The van der Waals surface area contributed by atoms with Gasteiger partial charge in [-0.1, -0.05) is 6.58 Å². The second kappa shape index (κ2) is 3.00. The minimum absolute atomic E-state index is 0.399. The molecule has 1 aliphatic carbocycles. The van der Waals surface area contributed by atoms with Crippen LogP contribution < -0.4 is 5.32 Å². The van der Waals surface area contributed by atoms with Crippen LogP contribution in [-0.4, -0.2) is 15.3 Å². The molecule has 1 aromatic rings. The number of rotatable bonds is 4. The van der Waals surface area contributed by atoms with E-state index in [4.69, 9.17) is 0 Å². The van der Waals surface area contributed by atoms with Crippen LogP contribution in [0, 0.1) is 0 Å². The molecule has 0 aromatic carbocycles. The highest BCUT2D eigenvalue weighted by Crippen LogP contribution is 2.34. The van der Waals surface area contributed by atoms with E-state index in [0.717, 1.165) is 6.54 Å². The van der Waals surface area contributed by atoms with Gasteiger partial charge in [0.2, 0.25) is 0 Å². The Hall–Kier alpha value is -1.09. The van der Waals surface area contributed by atoms with Crippen LogP contribution in [0.4, 0.5) is 0 Å². The van der Waals surface area contributed by atoms with Crippen molar-refractivity contribution in [3.8, 4) is 0 Å². The lowest BCUT2D eigenvalue weighted by Crippen LogP contribution is -2.26. The van der Waals surface area contributed by atoms with Crippen LogP contribution in [0.25, 0.3) is 6.20 Å². The predicted octanol–water partition coefficient (Wildman–Crippen LogP) is 1.63. The van der Waals surface area contributed by atoms with Gasteiger partial charge >= 0.3 is 0 Å². The standard InChI is InChI=1S/C10H15N3/c1-3-13-8-9(7-12-13)6-11-10(2)4-5-10/h3,7-8,11H,1,4-6H2,2H3. The molecule has 13 heavy (non-hydrogen) atoms. The van der Waals surface area contributed by atoms with E-state index in [9.17, 15) is 0 Å². The fourth-order valence-electron chi connectivity index (χ4n) is 1.25. The molecule has 0 saturated heterocycles. The molecule has 0 unspecified atom stereocenters. The van der Waals surface area contributed by atoms with E-state index in [-0.39, 0.29) is 0 Å². The first kappa shape index (κ1) is 8.51. The molecule has 0 spiro atoms. The highest BCUT2D eigenvalue weighted by atomic mass is 15.2. The molecule has 70 valence electrons. The van der Waals surface area contributed by atoms with Gasteiger partial charge in [0.15, 0.2) is 0 Å². The summed E-state index contributed by atoms with van der Waals surface area (Å²) in [6.45, 7) is 6.81.